The minimum Gasteiger partial charge on any atom is -0.353 e. The summed E-state index contributed by atoms with van der Waals surface area (Å²) >= 11 is 1.88. The Hall–Kier alpha value is -0.640. The van der Waals surface area contributed by atoms with E-state index in [-0.39, 0.29) is 0 Å². The number of nitrogens with one attached hydrogen (secondary N) is 1. The van der Waals surface area contributed by atoms with Crippen molar-refractivity contribution in [3.8, 4) is 0 Å². The van der Waals surface area contributed by atoms with Crippen molar-refractivity contribution in [2.24, 2.45) is 0 Å². The first-order valence-corrected chi connectivity index (χ1v) is 6.91. The van der Waals surface area contributed by atoms with Crippen LogP contribution in [-0.4, -0.2) is 27.6 Å². The van der Waals surface area contributed by atoms with Crippen LogP contribution in [0.15, 0.2) is 6.20 Å². The van der Waals surface area contributed by atoms with E-state index in [0.29, 0.717) is 12.1 Å². The predicted molar refractivity (Wildman–Crippen MR) is 66.7 cm³/mol. The van der Waals surface area contributed by atoms with Crippen molar-refractivity contribution in [1.29, 1.82) is 0 Å². The van der Waals surface area contributed by atoms with Crippen LogP contribution < -0.4 is 5.32 Å². The standard InChI is InChI=1S/C11H19N3S/c1-8-6-14(9(2)7-15-3)11(12-8)13-10-4-5-10/h6,9-10H,4-5,7H2,1-3H3,(H,12,13). The summed E-state index contributed by atoms with van der Waals surface area (Å²) in [6.07, 6.45) is 6.88. The topological polar surface area (TPSA) is 29.9 Å². The zero-order valence-corrected chi connectivity index (χ0v) is 10.5. The van der Waals surface area contributed by atoms with Crippen LogP contribution in [0.2, 0.25) is 0 Å². The first-order chi connectivity index (χ1) is 7.20. The van der Waals surface area contributed by atoms with Crippen LogP contribution >= 0.6 is 11.8 Å². The highest BCUT2D eigenvalue weighted by Gasteiger charge is 2.23. The van der Waals surface area contributed by atoms with E-state index in [0.717, 1.165) is 17.4 Å². The van der Waals surface area contributed by atoms with Gasteiger partial charge in [0.15, 0.2) is 0 Å². The van der Waals surface area contributed by atoms with Crippen molar-refractivity contribution in [2.75, 3.05) is 17.3 Å². The second-order valence-corrected chi connectivity index (χ2v) is 5.25. The molecule has 0 radical (unpaired) electrons. The number of nitrogens with zero attached hydrogens (tertiary/aromatic N) is 2. The minimum atomic E-state index is 0.516. The number of aryl methyl sites for hydroxylation is 1. The predicted octanol–water partition coefficient (Wildman–Crippen LogP) is 2.69. The van der Waals surface area contributed by atoms with Gasteiger partial charge in [0.25, 0.3) is 0 Å². The summed E-state index contributed by atoms with van der Waals surface area (Å²) in [5.41, 5.74) is 1.10. The molecule has 84 valence electrons. The molecule has 1 atom stereocenters. The number of hydrogen-bond acceptors (Lipinski definition) is 3. The highest BCUT2D eigenvalue weighted by atomic mass is 32.2. The molecule has 0 aromatic carbocycles. The second kappa shape index (κ2) is 4.47. The van der Waals surface area contributed by atoms with Gasteiger partial charge in [-0.3, -0.25) is 0 Å². The number of rotatable bonds is 5. The number of imidazole rings is 1. The van der Waals surface area contributed by atoms with Gasteiger partial charge < -0.3 is 9.88 Å². The van der Waals surface area contributed by atoms with E-state index in [9.17, 15) is 0 Å². The van der Waals surface area contributed by atoms with Crippen LogP contribution in [-0.2, 0) is 0 Å². The van der Waals surface area contributed by atoms with E-state index in [2.05, 4.69) is 41.2 Å². The van der Waals surface area contributed by atoms with Gasteiger partial charge in [0.2, 0.25) is 5.95 Å². The molecule has 1 saturated carbocycles. The van der Waals surface area contributed by atoms with Gasteiger partial charge in [-0.1, -0.05) is 0 Å². The van der Waals surface area contributed by atoms with E-state index in [1.807, 2.05) is 11.8 Å². The minimum absolute atomic E-state index is 0.516. The van der Waals surface area contributed by atoms with Gasteiger partial charge in [0.05, 0.1) is 5.69 Å². The molecule has 1 fully saturated rings. The lowest BCUT2D eigenvalue weighted by Gasteiger charge is -2.15. The highest BCUT2D eigenvalue weighted by molar-refractivity contribution is 7.98. The van der Waals surface area contributed by atoms with Crippen LogP contribution in [0.3, 0.4) is 0 Å². The number of hydrogen-bond donors (Lipinski definition) is 1. The quantitative estimate of drug-likeness (QED) is 0.835. The summed E-state index contributed by atoms with van der Waals surface area (Å²) in [5.74, 6) is 2.19. The zero-order chi connectivity index (χ0) is 10.8. The molecular weight excluding hydrogens is 206 g/mol. The van der Waals surface area contributed by atoms with Gasteiger partial charge in [-0.15, -0.1) is 0 Å². The molecule has 2 rings (SSSR count). The largest absolute Gasteiger partial charge is 0.353 e. The third kappa shape index (κ3) is 2.68. The number of anilines is 1. The van der Waals surface area contributed by atoms with E-state index in [4.69, 9.17) is 0 Å². The first kappa shape index (κ1) is 10.9. The third-order valence-corrected chi connectivity index (χ3v) is 3.46. The fourth-order valence-corrected chi connectivity index (χ4v) is 2.33. The fraction of sp³-hybridized carbons (Fsp3) is 0.727. The maximum Gasteiger partial charge on any atom is 0.203 e. The molecular formula is C11H19N3S. The lowest BCUT2D eigenvalue weighted by molar-refractivity contribution is 0.613. The van der Waals surface area contributed by atoms with Crippen molar-refractivity contribution in [3.05, 3.63) is 11.9 Å². The molecule has 1 heterocycles. The van der Waals surface area contributed by atoms with Crippen LogP contribution in [0.4, 0.5) is 5.95 Å². The van der Waals surface area contributed by atoms with Crippen LogP contribution in [0.5, 0.6) is 0 Å². The molecule has 3 nitrogen and oxygen atoms in total. The molecule has 1 unspecified atom stereocenters. The van der Waals surface area contributed by atoms with Crippen molar-refractivity contribution >= 4 is 17.7 Å². The molecule has 4 heteroatoms. The van der Waals surface area contributed by atoms with E-state index < -0.39 is 0 Å². The van der Waals surface area contributed by atoms with E-state index >= 15 is 0 Å². The van der Waals surface area contributed by atoms with E-state index in [1.54, 1.807) is 0 Å². The summed E-state index contributed by atoms with van der Waals surface area (Å²) in [6, 6.07) is 1.19. The Morgan fingerprint density at radius 3 is 3.00 bits per heavy atom. The van der Waals surface area contributed by atoms with Gasteiger partial charge >= 0.3 is 0 Å². The average molecular weight is 225 g/mol. The number of aromatic nitrogens is 2. The van der Waals surface area contributed by atoms with Crippen molar-refractivity contribution in [3.63, 3.8) is 0 Å². The molecule has 1 aromatic heterocycles. The van der Waals surface area contributed by atoms with Crippen molar-refractivity contribution < 1.29 is 0 Å². The van der Waals surface area contributed by atoms with Gasteiger partial charge in [-0.05, 0) is 32.9 Å². The Balaban J connectivity index is 2.12. The van der Waals surface area contributed by atoms with Crippen LogP contribution in [0.25, 0.3) is 0 Å². The average Bonchev–Trinajstić information content (AvgIpc) is 2.90. The molecule has 1 N–H and O–H groups in total. The monoisotopic (exact) mass is 225 g/mol. The molecule has 0 saturated heterocycles. The maximum absolute atomic E-state index is 4.54. The van der Waals surface area contributed by atoms with E-state index in [1.165, 1.54) is 12.8 Å². The Bertz CT molecular complexity index is 331. The Labute approximate surface area is 95.7 Å². The summed E-state index contributed by atoms with van der Waals surface area (Å²) in [7, 11) is 0. The Morgan fingerprint density at radius 1 is 1.67 bits per heavy atom. The zero-order valence-electron chi connectivity index (χ0n) is 9.66. The van der Waals surface area contributed by atoms with Crippen LogP contribution in [0, 0.1) is 6.92 Å². The molecule has 0 spiro atoms. The molecule has 15 heavy (non-hydrogen) atoms. The Morgan fingerprint density at radius 2 is 2.40 bits per heavy atom. The first-order valence-electron chi connectivity index (χ1n) is 5.51. The Kier molecular flexibility index (Phi) is 3.24. The molecule has 1 aromatic rings. The summed E-state index contributed by atoms with van der Waals surface area (Å²) < 4.78 is 2.27. The molecule has 1 aliphatic carbocycles. The van der Waals surface area contributed by atoms with Gasteiger partial charge in [-0.2, -0.15) is 11.8 Å². The molecule has 0 bridgehead atoms. The summed E-state index contributed by atoms with van der Waals surface area (Å²) in [5, 5.41) is 3.49. The molecule has 1 aliphatic rings. The highest BCUT2D eigenvalue weighted by Crippen LogP contribution is 2.26. The fourth-order valence-electron chi connectivity index (χ4n) is 1.69. The van der Waals surface area contributed by atoms with Gasteiger partial charge in [0.1, 0.15) is 0 Å². The van der Waals surface area contributed by atoms with Crippen LogP contribution in [0.1, 0.15) is 31.5 Å². The summed E-state index contributed by atoms with van der Waals surface area (Å²) in [6.45, 7) is 4.30. The smallest absolute Gasteiger partial charge is 0.203 e. The normalized spacial score (nSPS) is 17.8. The number of thioether (sulfide) groups is 1. The van der Waals surface area contributed by atoms with Crippen molar-refractivity contribution in [2.45, 2.75) is 38.8 Å². The lowest BCUT2D eigenvalue weighted by Crippen LogP contribution is -2.13. The SMILES string of the molecule is CSCC(C)n1cc(C)nc1NC1CC1. The molecule has 0 amide bonds. The third-order valence-electron chi connectivity index (χ3n) is 2.65. The summed E-state index contributed by atoms with van der Waals surface area (Å²) in [4.78, 5) is 4.54. The van der Waals surface area contributed by atoms with Crippen molar-refractivity contribution in [1.82, 2.24) is 9.55 Å². The maximum atomic E-state index is 4.54. The second-order valence-electron chi connectivity index (χ2n) is 4.34. The van der Waals surface area contributed by atoms with Gasteiger partial charge in [0, 0.05) is 24.0 Å². The molecule has 0 aliphatic heterocycles. The lowest BCUT2D eigenvalue weighted by atomic mass is 10.4. The van der Waals surface area contributed by atoms with Gasteiger partial charge in [-0.25, -0.2) is 4.98 Å².